The van der Waals surface area contributed by atoms with E-state index in [9.17, 15) is 17.6 Å². The van der Waals surface area contributed by atoms with Crippen LogP contribution in [-0.2, 0) is 16.6 Å². The van der Waals surface area contributed by atoms with Crippen molar-refractivity contribution in [2.75, 3.05) is 4.72 Å². The zero-order chi connectivity index (χ0) is 20.1. The lowest BCUT2D eigenvalue weighted by atomic mass is 10.2. The average Bonchev–Trinajstić information content (AvgIpc) is 2.68. The lowest BCUT2D eigenvalue weighted by Gasteiger charge is -2.11. The van der Waals surface area contributed by atoms with Crippen LogP contribution in [0.1, 0.15) is 15.9 Å². The fourth-order valence-electron chi connectivity index (χ4n) is 2.41. The monoisotopic (exact) mass is 401 g/mol. The lowest BCUT2D eigenvalue weighted by Crippen LogP contribution is -2.15. The third-order valence-corrected chi connectivity index (χ3v) is 5.22. The van der Waals surface area contributed by atoms with Crippen LogP contribution in [-0.4, -0.2) is 19.5 Å². The highest BCUT2D eigenvalue weighted by atomic mass is 32.2. The molecule has 3 aromatic rings. The molecular formula is C20H16FNO5S. The Kier molecular flexibility index (Phi) is 5.60. The molecular weight excluding hydrogens is 385 g/mol. The summed E-state index contributed by atoms with van der Waals surface area (Å²) in [7, 11) is -4.30. The van der Waals surface area contributed by atoms with E-state index in [1.807, 2.05) is 30.3 Å². The van der Waals surface area contributed by atoms with Crippen LogP contribution in [0.3, 0.4) is 0 Å². The zero-order valence-corrected chi connectivity index (χ0v) is 15.3. The maximum absolute atomic E-state index is 13.9. The summed E-state index contributed by atoms with van der Waals surface area (Å²) in [5, 5.41) is 8.97. The van der Waals surface area contributed by atoms with Gasteiger partial charge in [-0.3, -0.25) is 4.72 Å². The van der Waals surface area contributed by atoms with Crippen molar-refractivity contribution in [3.05, 3.63) is 89.7 Å². The number of carbonyl (C=O) groups is 1. The third kappa shape index (κ3) is 4.66. The number of sulfonamides is 1. The summed E-state index contributed by atoms with van der Waals surface area (Å²) in [5.74, 6) is -1.86. The quantitative estimate of drug-likeness (QED) is 0.626. The standard InChI is InChI=1S/C20H16FNO5S/c21-18-11-6-15(20(23)24)12-19(18)28(25,26)22-16-7-9-17(10-8-16)27-13-14-4-2-1-3-5-14/h1-12,22H,13H2,(H,23,24). The van der Waals surface area contributed by atoms with E-state index >= 15 is 0 Å². The summed E-state index contributed by atoms with van der Waals surface area (Å²) in [6.07, 6.45) is 0. The van der Waals surface area contributed by atoms with Crippen molar-refractivity contribution < 1.29 is 27.4 Å². The van der Waals surface area contributed by atoms with Crippen molar-refractivity contribution in [3.8, 4) is 5.75 Å². The molecule has 144 valence electrons. The molecule has 0 radical (unpaired) electrons. The molecule has 0 saturated carbocycles. The van der Waals surface area contributed by atoms with Gasteiger partial charge in [0.25, 0.3) is 10.0 Å². The first-order valence-electron chi connectivity index (χ1n) is 8.17. The van der Waals surface area contributed by atoms with Crippen LogP contribution in [0.2, 0.25) is 0 Å². The maximum atomic E-state index is 13.9. The maximum Gasteiger partial charge on any atom is 0.335 e. The Hall–Kier alpha value is -3.39. The Labute approximate surface area is 161 Å². The molecule has 3 aromatic carbocycles. The predicted molar refractivity (Wildman–Crippen MR) is 101 cm³/mol. The summed E-state index contributed by atoms with van der Waals surface area (Å²) in [6.45, 7) is 0.360. The van der Waals surface area contributed by atoms with E-state index in [-0.39, 0.29) is 11.3 Å². The molecule has 0 bridgehead atoms. The van der Waals surface area contributed by atoms with Crippen molar-refractivity contribution in [3.63, 3.8) is 0 Å². The molecule has 0 aliphatic rings. The van der Waals surface area contributed by atoms with Gasteiger partial charge in [0, 0.05) is 5.69 Å². The second kappa shape index (κ2) is 8.10. The SMILES string of the molecule is O=C(O)c1ccc(F)c(S(=O)(=O)Nc2ccc(OCc3ccccc3)cc2)c1. The molecule has 0 spiro atoms. The van der Waals surface area contributed by atoms with Gasteiger partial charge >= 0.3 is 5.97 Å². The second-order valence-electron chi connectivity index (χ2n) is 5.85. The molecule has 2 N–H and O–H groups in total. The Morgan fingerprint density at radius 3 is 2.32 bits per heavy atom. The largest absolute Gasteiger partial charge is 0.489 e. The molecule has 0 saturated heterocycles. The molecule has 0 aliphatic carbocycles. The highest BCUT2D eigenvalue weighted by molar-refractivity contribution is 7.92. The van der Waals surface area contributed by atoms with Gasteiger partial charge in [-0.2, -0.15) is 0 Å². The van der Waals surface area contributed by atoms with Gasteiger partial charge in [0.1, 0.15) is 23.1 Å². The fraction of sp³-hybridized carbons (Fsp3) is 0.0500. The van der Waals surface area contributed by atoms with Crippen molar-refractivity contribution >= 4 is 21.7 Å². The van der Waals surface area contributed by atoms with E-state index in [0.29, 0.717) is 12.4 Å². The number of anilines is 1. The van der Waals surface area contributed by atoms with E-state index in [2.05, 4.69) is 4.72 Å². The molecule has 0 aromatic heterocycles. The first-order chi connectivity index (χ1) is 13.3. The fourth-order valence-corrected chi connectivity index (χ4v) is 3.58. The molecule has 0 unspecified atom stereocenters. The van der Waals surface area contributed by atoms with E-state index in [4.69, 9.17) is 9.84 Å². The van der Waals surface area contributed by atoms with Crippen molar-refractivity contribution in [2.24, 2.45) is 0 Å². The van der Waals surface area contributed by atoms with Crippen molar-refractivity contribution in [2.45, 2.75) is 11.5 Å². The van der Waals surface area contributed by atoms with Gasteiger partial charge in [-0.25, -0.2) is 17.6 Å². The average molecular weight is 401 g/mol. The van der Waals surface area contributed by atoms with Crippen LogP contribution >= 0.6 is 0 Å². The summed E-state index contributed by atoms with van der Waals surface area (Å²) < 4.78 is 46.6. The smallest absolute Gasteiger partial charge is 0.335 e. The first kappa shape index (κ1) is 19.4. The topological polar surface area (TPSA) is 92.7 Å². The number of nitrogens with one attached hydrogen (secondary N) is 1. The number of hydrogen-bond donors (Lipinski definition) is 2. The van der Waals surface area contributed by atoms with Gasteiger partial charge in [-0.05, 0) is 48.0 Å². The minimum Gasteiger partial charge on any atom is -0.489 e. The lowest BCUT2D eigenvalue weighted by molar-refractivity contribution is 0.0696. The molecule has 0 aliphatic heterocycles. The third-order valence-electron chi connectivity index (χ3n) is 3.82. The normalized spacial score (nSPS) is 11.0. The first-order valence-corrected chi connectivity index (χ1v) is 9.66. The Morgan fingerprint density at radius 2 is 1.68 bits per heavy atom. The van der Waals surface area contributed by atoms with Gasteiger partial charge in [0.2, 0.25) is 0 Å². The van der Waals surface area contributed by atoms with Crippen LogP contribution in [0.25, 0.3) is 0 Å². The predicted octanol–water partition coefficient (Wildman–Crippen LogP) is 3.90. The Bertz CT molecular complexity index is 1080. The van der Waals surface area contributed by atoms with E-state index in [1.165, 1.54) is 12.1 Å². The summed E-state index contributed by atoms with van der Waals surface area (Å²) in [5.41, 5.74) is 0.847. The second-order valence-corrected chi connectivity index (χ2v) is 7.51. The van der Waals surface area contributed by atoms with Gasteiger partial charge in [-0.1, -0.05) is 30.3 Å². The number of hydrogen-bond acceptors (Lipinski definition) is 4. The van der Waals surface area contributed by atoms with Crippen LogP contribution in [0.5, 0.6) is 5.75 Å². The van der Waals surface area contributed by atoms with Crippen LogP contribution < -0.4 is 9.46 Å². The van der Waals surface area contributed by atoms with Crippen LogP contribution in [0, 0.1) is 5.82 Å². The van der Waals surface area contributed by atoms with Crippen molar-refractivity contribution in [1.82, 2.24) is 0 Å². The van der Waals surface area contributed by atoms with Crippen LogP contribution in [0.4, 0.5) is 10.1 Å². The van der Waals surface area contributed by atoms with Crippen LogP contribution in [0.15, 0.2) is 77.7 Å². The number of carboxylic acid groups (broad SMARTS) is 1. The molecule has 3 rings (SSSR count). The Balaban J connectivity index is 1.72. The number of carboxylic acids is 1. The summed E-state index contributed by atoms with van der Waals surface area (Å²) in [4.78, 5) is 10.3. The number of rotatable bonds is 7. The number of aromatic carboxylic acids is 1. The van der Waals surface area contributed by atoms with Gasteiger partial charge in [0.15, 0.2) is 0 Å². The zero-order valence-electron chi connectivity index (χ0n) is 14.5. The van der Waals surface area contributed by atoms with Crippen molar-refractivity contribution in [1.29, 1.82) is 0 Å². The minimum absolute atomic E-state index is 0.187. The number of benzene rings is 3. The van der Waals surface area contributed by atoms with E-state index in [0.717, 1.165) is 23.8 Å². The molecule has 6 nitrogen and oxygen atoms in total. The molecule has 0 amide bonds. The van der Waals surface area contributed by atoms with E-state index in [1.54, 1.807) is 12.1 Å². The molecule has 0 heterocycles. The molecule has 0 fully saturated rings. The van der Waals surface area contributed by atoms with E-state index < -0.39 is 26.7 Å². The highest BCUT2D eigenvalue weighted by Crippen LogP contribution is 2.22. The van der Waals surface area contributed by atoms with Gasteiger partial charge in [0.05, 0.1) is 5.56 Å². The molecule has 28 heavy (non-hydrogen) atoms. The number of halogens is 1. The summed E-state index contributed by atoms with van der Waals surface area (Å²) >= 11 is 0. The van der Waals surface area contributed by atoms with Gasteiger partial charge in [-0.15, -0.1) is 0 Å². The highest BCUT2D eigenvalue weighted by Gasteiger charge is 2.21. The number of ether oxygens (including phenoxy) is 1. The Morgan fingerprint density at radius 1 is 1.00 bits per heavy atom. The minimum atomic E-state index is -4.30. The summed E-state index contributed by atoms with van der Waals surface area (Å²) in [6, 6.07) is 18.2. The molecule has 0 atom stereocenters. The molecule has 8 heteroatoms. The van der Waals surface area contributed by atoms with Gasteiger partial charge < -0.3 is 9.84 Å².